The van der Waals surface area contributed by atoms with E-state index < -0.39 is 10.3 Å². The highest BCUT2D eigenvalue weighted by molar-refractivity contribution is 7.85. The highest BCUT2D eigenvalue weighted by atomic mass is 32.2. The predicted octanol–water partition coefficient (Wildman–Crippen LogP) is 1.24. The third-order valence-electron chi connectivity index (χ3n) is 2.01. The van der Waals surface area contributed by atoms with Gasteiger partial charge in [-0.3, -0.25) is 0 Å². The number of amidine groups is 1. The molecule has 0 unspecified atom stereocenters. The Hall–Kier alpha value is -0.620. The maximum absolute atomic E-state index is 10.9. The molecule has 0 radical (unpaired) electrons. The van der Waals surface area contributed by atoms with Crippen LogP contribution in [0.1, 0.15) is 34.1 Å². The van der Waals surface area contributed by atoms with Gasteiger partial charge in [0.1, 0.15) is 5.84 Å². The minimum absolute atomic E-state index is 0.308. The third-order valence-corrected chi connectivity index (χ3v) is 2.71. The topological polar surface area (TPSA) is 67.8 Å². The van der Waals surface area contributed by atoms with Gasteiger partial charge >= 0.3 is 10.3 Å². The van der Waals surface area contributed by atoms with Gasteiger partial charge in [0.2, 0.25) is 0 Å². The highest BCUT2D eigenvalue weighted by Crippen LogP contribution is 2.28. The van der Waals surface area contributed by atoms with Crippen LogP contribution in [-0.2, 0) is 14.6 Å². The van der Waals surface area contributed by atoms with Gasteiger partial charge in [-0.05, 0) is 12.3 Å². The molecule has 5 nitrogen and oxygen atoms in total. The molecule has 1 N–H and O–H groups in total. The molecule has 0 saturated heterocycles. The lowest BCUT2D eigenvalue weighted by molar-refractivity contribution is 0.261. The van der Waals surface area contributed by atoms with Crippen LogP contribution >= 0.6 is 0 Å². The summed E-state index contributed by atoms with van der Waals surface area (Å²) in [6, 6.07) is 0. The van der Waals surface area contributed by atoms with Gasteiger partial charge in [0.25, 0.3) is 0 Å². The maximum atomic E-state index is 10.9. The van der Waals surface area contributed by atoms with Gasteiger partial charge in [0.15, 0.2) is 0 Å². The number of hydroxylamine groups is 1. The lowest BCUT2D eigenvalue weighted by Gasteiger charge is -2.25. The van der Waals surface area contributed by atoms with Gasteiger partial charge in [-0.2, -0.15) is 8.42 Å². The van der Waals surface area contributed by atoms with Crippen molar-refractivity contribution in [2.75, 3.05) is 0 Å². The van der Waals surface area contributed by atoms with E-state index in [0.29, 0.717) is 11.8 Å². The molecule has 1 rings (SSSR count). The molecule has 0 aromatic rings. The predicted molar refractivity (Wildman–Crippen MR) is 53.8 cm³/mol. The summed E-state index contributed by atoms with van der Waals surface area (Å²) in [4.78, 5) is 0. The minimum Gasteiger partial charge on any atom is -0.232 e. The van der Waals surface area contributed by atoms with Crippen LogP contribution in [0.5, 0.6) is 0 Å². The highest BCUT2D eigenvalue weighted by Gasteiger charge is 2.33. The van der Waals surface area contributed by atoms with Crippen molar-refractivity contribution in [3.8, 4) is 0 Å². The van der Waals surface area contributed by atoms with Gasteiger partial charge < -0.3 is 0 Å². The van der Waals surface area contributed by atoms with Crippen LogP contribution in [0, 0.1) is 11.3 Å². The van der Waals surface area contributed by atoms with E-state index in [-0.39, 0.29) is 5.41 Å². The summed E-state index contributed by atoms with van der Waals surface area (Å²) in [7, 11) is -3.74. The number of rotatable bonds is 3. The monoisotopic (exact) mass is 220 g/mol. The Kier molecular flexibility index (Phi) is 2.87. The molecule has 14 heavy (non-hydrogen) atoms. The first-order valence-corrected chi connectivity index (χ1v) is 5.89. The van der Waals surface area contributed by atoms with Crippen LogP contribution in [0.15, 0.2) is 4.40 Å². The molecular weight excluding hydrogens is 204 g/mol. The maximum Gasteiger partial charge on any atom is 0.403 e. The molecule has 0 bridgehead atoms. The standard InChI is InChI=1S/C8H16N2O3S/c1-6(2)5-8(3,4)7-9-13-14(11,12)10-7/h6H,5H2,1-4H3,(H,9,10). The van der Waals surface area contributed by atoms with E-state index in [9.17, 15) is 8.42 Å². The molecule has 0 aromatic carbocycles. The third kappa shape index (κ3) is 2.68. The Morgan fingerprint density at radius 2 is 2.07 bits per heavy atom. The van der Waals surface area contributed by atoms with Crippen molar-refractivity contribution in [1.29, 1.82) is 0 Å². The smallest absolute Gasteiger partial charge is 0.232 e. The molecule has 0 fully saturated rings. The van der Waals surface area contributed by atoms with E-state index in [1.165, 1.54) is 0 Å². The zero-order valence-corrected chi connectivity index (χ0v) is 9.68. The van der Waals surface area contributed by atoms with Gasteiger partial charge in [0, 0.05) is 5.41 Å². The first-order valence-electron chi connectivity index (χ1n) is 4.53. The van der Waals surface area contributed by atoms with Gasteiger partial charge in [0.05, 0.1) is 0 Å². The SMILES string of the molecule is CC(C)CC(C)(C)C1=NS(=O)(=O)ON1. The number of nitrogens with one attached hydrogen (secondary N) is 1. The Bertz CT molecular complexity index is 344. The average Bonchev–Trinajstić information content (AvgIpc) is 2.27. The van der Waals surface area contributed by atoms with E-state index >= 15 is 0 Å². The first kappa shape index (κ1) is 11.5. The minimum atomic E-state index is -3.74. The number of hydrogen-bond donors (Lipinski definition) is 1. The summed E-state index contributed by atoms with van der Waals surface area (Å²) < 4.78 is 29.6. The second-order valence-electron chi connectivity index (χ2n) is 4.53. The number of nitrogens with zero attached hydrogens (tertiary/aromatic N) is 1. The summed E-state index contributed by atoms with van der Waals surface area (Å²) in [5.41, 5.74) is 2.05. The first-order chi connectivity index (χ1) is 6.23. The molecule has 0 saturated carbocycles. The Labute approximate surface area is 84.8 Å². The van der Waals surface area contributed by atoms with Crippen LogP contribution in [0.3, 0.4) is 0 Å². The van der Waals surface area contributed by atoms with Gasteiger partial charge in [-0.25, -0.2) is 5.48 Å². The van der Waals surface area contributed by atoms with Crippen LogP contribution in [-0.4, -0.2) is 14.3 Å². The second kappa shape index (κ2) is 3.51. The lowest BCUT2D eigenvalue weighted by atomic mass is 9.83. The molecule has 1 aliphatic heterocycles. The Morgan fingerprint density at radius 3 is 2.43 bits per heavy atom. The molecule has 1 aliphatic rings. The van der Waals surface area contributed by atoms with E-state index in [0.717, 1.165) is 6.42 Å². The fourth-order valence-corrected chi connectivity index (χ4v) is 2.35. The van der Waals surface area contributed by atoms with E-state index in [1.54, 1.807) is 0 Å². The zero-order valence-electron chi connectivity index (χ0n) is 8.86. The largest absolute Gasteiger partial charge is 0.403 e. The van der Waals surface area contributed by atoms with Crippen molar-refractivity contribution in [3.63, 3.8) is 0 Å². The Balaban J connectivity index is 2.85. The van der Waals surface area contributed by atoms with E-state index in [1.807, 2.05) is 13.8 Å². The average molecular weight is 220 g/mol. The fourth-order valence-electron chi connectivity index (χ4n) is 1.62. The second-order valence-corrected chi connectivity index (χ2v) is 5.74. The van der Waals surface area contributed by atoms with Crippen molar-refractivity contribution in [1.82, 2.24) is 5.48 Å². The summed E-state index contributed by atoms with van der Waals surface area (Å²) in [6.45, 7) is 8.02. The Morgan fingerprint density at radius 1 is 1.50 bits per heavy atom. The molecule has 1 heterocycles. The molecule has 82 valence electrons. The molecular formula is C8H16N2O3S. The van der Waals surface area contributed by atoms with Gasteiger partial charge in [-0.15, -0.1) is 8.68 Å². The summed E-state index contributed by atoms with van der Waals surface area (Å²) in [5.74, 6) is 0.851. The van der Waals surface area contributed by atoms with Crippen LogP contribution < -0.4 is 5.48 Å². The van der Waals surface area contributed by atoms with Crippen molar-refractivity contribution in [2.24, 2.45) is 15.7 Å². The normalized spacial score (nSPS) is 20.8. The summed E-state index contributed by atoms with van der Waals surface area (Å²) in [5, 5.41) is 0. The van der Waals surface area contributed by atoms with Crippen LogP contribution in [0.25, 0.3) is 0 Å². The molecule has 6 heteroatoms. The summed E-state index contributed by atoms with van der Waals surface area (Å²) >= 11 is 0. The van der Waals surface area contributed by atoms with E-state index in [4.69, 9.17) is 0 Å². The van der Waals surface area contributed by atoms with Crippen LogP contribution in [0.4, 0.5) is 0 Å². The number of hydrogen-bond acceptors (Lipinski definition) is 4. The van der Waals surface area contributed by atoms with Gasteiger partial charge in [-0.1, -0.05) is 27.7 Å². The lowest BCUT2D eigenvalue weighted by Crippen LogP contribution is -2.34. The van der Waals surface area contributed by atoms with Crippen molar-refractivity contribution in [3.05, 3.63) is 0 Å². The molecule has 0 atom stereocenters. The molecule has 0 spiro atoms. The van der Waals surface area contributed by atoms with Crippen molar-refractivity contribution < 1.29 is 12.7 Å². The zero-order chi connectivity index (χ0) is 11.0. The van der Waals surface area contributed by atoms with Crippen molar-refractivity contribution >= 4 is 16.1 Å². The van der Waals surface area contributed by atoms with Crippen molar-refractivity contribution in [2.45, 2.75) is 34.1 Å². The molecule has 0 aromatic heterocycles. The fraction of sp³-hybridized carbons (Fsp3) is 0.875. The van der Waals surface area contributed by atoms with Crippen LogP contribution in [0.2, 0.25) is 0 Å². The quantitative estimate of drug-likeness (QED) is 0.777. The molecule has 0 aliphatic carbocycles. The van der Waals surface area contributed by atoms with E-state index in [2.05, 4.69) is 28.0 Å². The summed E-state index contributed by atoms with van der Waals surface area (Å²) in [6.07, 6.45) is 0.845. The molecule has 0 amide bonds.